The molecule has 1 amide bonds. The summed E-state index contributed by atoms with van der Waals surface area (Å²) in [5.74, 6) is 2.90. The second-order valence-electron chi connectivity index (χ2n) is 7.82. The number of methoxy groups -OCH3 is 2. The summed E-state index contributed by atoms with van der Waals surface area (Å²) in [4.78, 5) is 15.5. The number of carbonyl (C=O) groups is 1. The van der Waals surface area contributed by atoms with Crippen molar-refractivity contribution in [2.75, 3.05) is 27.6 Å². The molecule has 0 aromatic heterocycles. The van der Waals surface area contributed by atoms with E-state index in [1.807, 2.05) is 35.2 Å². The van der Waals surface area contributed by atoms with Gasteiger partial charge in [0.05, 0.1) is 20.1 Å². The van der Waals surface area contributed by atoms with E-state index < -0.39 is 0 Å². The van der Waals surface area contributed by atoms with E-state index in [0.29, 0.717) is 24.6 Å². The van der Waals surface area contributed by atoms with Crippen LogP contribution in [0.3, 0.4) is 0 Å². The molecule has 2 heterocycles. The molecule has 154 valence electrons. The largest absolute Gasteiger partial charge is 0.493 e. The summed E-state index contributed by atoms with van der Waals surface area (Å²) in [5, 5.41) is 0. The fourth-order valence-corrected chi connectivity index (χ4v) is 4.19. The molecule has 0 radical (unpaired) electrons. The minimum Gasteiger partial charge on any atom is -0.493 e. The molecule has 2 aliphatic rings. The Morgan fingerprint density at radius 1 is 1.00 bits per heavy atom. The zero-order valence-corrected chi connectivity index (χ0v) is 17.4. The van der Waals surface area contributed by atoms with Crippen LogP contribution in [0.15, 0.2) is 30.3 Å². The zero-order valence-electron chi connectivity index (χ0n) is 17.4. The molecule has 0 aliphatic carbocycles. The molecule has 0 fully saturated rings. The van der Waals surface area contributed by atoms with E-state index in [2.05, 4.69) is 13.8 Å². The van der Waals surface area contributed by atoms with E-state index >= 15 is 0 Å². The van der Waals surface area contributed by atoms with Crippen molar-refractivity contribution < 1.29 is 23.7 Å². The third-order valence-corrected chi connectivity index (χ3v) is 5.72. The summed E-state index contributed by atoms with van der Waals surface area (Å²) >= 11 is 0. The van der Waals surface area contributed by atoms with Crippen molar-refractivity contribution in [3.05, 3.63) is 47.0 Å². The van der Waals surface area contributed by atoms with Crippen molar-refractivity contribution >= 4 is 5.91 Å². The lowest BCUT2D eigenvalue weighted by Crippen LogP contribution is -2.40. The predicted molar refractivity (Wildman–Crippen MR) is 109 cm³/mol. The van der Waals surface area contributed by atoms with Gasteiger partial charge in [-0.25, -0.2) is 0 Å². The highest BCUT2D eigenvalue weighted by atomic mass is 16.7. The summed E-state index contributed by atoms with van der Waals surface area (Å²) in [6, 6.07) is 9.80. The Morgan fingerprint density at radius 3 is 2.34 bits per heavy atom. The van der Waals surface area contributed by atoms with E-state index in [-0.39, 0.29) is 24.5 Å². The molecule has 1 unspecified atom stereocenters. The Labute approximate surface area is 171 Å². The number of amides is 1. The number of fused-ring (bicyclic) bond motifs is 2. The number of benzene rings is 2. The van der Waals surface area contributed by atoms with Crippen LogP contribution in [-0.4, -0.2) is 38.4 Å². The maximum atomic E-state index is 13.5. The molecule has 2 aromatic rings. The van der Waals surface area contributed by atoms with Gasteiger partial charge in [0, 0.05) is 13.1 Å². The van der Waals surface area contributed by atoms with Gasteiger partial charge in [-0.05, 0) is 53.3 Å². The van der Waals surface area contributed by atoms with Crippen LogP contribution in [0.1, 0.15) is 36.5 Å². The van der Waals surface area contributed by atoms with Crippen molar-refractivity contribution in [2.45, 2.75) is 32.7 Å². The highest BCUT2D eigenvalue weighted by Crippen LogP contribution is 2.38. The van der Waals surface area contributed by atoms with Crippen LogP contribution in [0.2, 0.25) is 0 Å². The first-order valence-corrected chi connectivity index (χ1v) is 9.94. The molecule has 4 rings (SSSR count). The van der Waals surface area contributed by atoms with Crippen molar-refractivity contribution in [1.29, 1.82) is 0 Å². The second-order valence-corrected chi connectivity index (χ2v) is 7.82. The predicted octanol–water partition coefficient (Wildman–Crippen LogP) is 3.76. The van der Waals surface area contributed by atoms with Gasteiger partial charge >= 0.3 is 0 Å². The molecule has 0 N–H and O–H groups in total. The van der Waals surface area contributed by atoms with Crippen LogP contribution in [0, 0.1) is 5.92 Å². The maximum Gasteiger partial charge on any atom is 0.231 e. The molecule has 0 saturated carbocycles. The summed E-state index contributed by atoms with van der Waals surface area (Å²) in [6.07, 6.45) is 0.814. The Kier molecular flexibility index (Phi) is 5.26. The van der Waals surface area contributed by atoms with Crippen LogP contribution < -0.4 is 18.9 Å². The average Bonchev–Trinajstić information content (AvgIpc) is 3.18. The van der Waals surface area contributed by atoms with Gasteiger partial charge in [-0.1, -0.05) is 19.9 Å². The summed E-state index contributed by atoms with van der Waals surface area (Å²) in [5.41, 5.74) is 3.30. The highest BCUT2D eigenvalue weighted by molar-refractivity contribution is 5.84. The van der Waals surface area contributed by atoms with Crippen LogP contribution in [0.5, 0.6) is 23.0 Å². The van der Waals surface area contributed by atoms with E-state index in [9.17, 15) is 4.79 Å². The quantitative estimate of drug-likeness (QED) is 0.769. The monoisotopic (exact) mass is 397 g/mol. The molecular formula is C23H27NO5. The normalized spacial score (nSPS) is 15.8. The summed E-state index contributed by atoms with van der Waals surface area (Å²) in [6.45, 7) is 5.70. The molecule has 2 aromatic carbocycles. The maximum absolute atomic E-state index is 13.5. The fraction of sp³-hybridized carbons (Fsp3) is 0.435. The van der Waals surface area contributed by atoms with Gasteiger partial charge in [0.1, 0.15) is 0 Å². The first kappa shape index (κ1) is 19.4. The SMILES string of the molecule is COc1ccc(C(C(=O)N2CCc3cc4c(cc3C2)OCO4)C(C)C)cc1OC. The lowest BCUT2D eigenvalue weighted by atomic mass is 9.86. The lowest BCUT2D eigenvalue weighted by molar-refractivity contribution is -0.134. The van der Waals surface area contributed by atoms with Crippen molar-refractivity contribution in [1.82, 2.24) is 4.90 Å². The minimum atomic E-state index is -0.245. The average molecular weight is 397 g/mol. The van der Waals surface area contributed by atoms with Gasteiger partial charge in [0.2, 0.25) is 12.7 Å². The van der Waals surface area contributed by atoms with E-state index in [4.69, 9.17) is 18.9 Å². The highest BCUT2D eigenvalue weighted by Gasteiger charge is 2.32. The molecule has 2 aliphatic heterocycles. The third-order valence-electron chi connectivity index (χ3n) is 5.72. The van der Waals surface area contributed by atoms with Gasteiger partial charge in [-0.15, -0.1) is 0 Å². The van der Waals surface area contributed by atoms with Gasteiger partial charge in [-0.2, -0.15) is 0 Å². The fourth-order valence-electron chi connectivity index (χ4n) is 4.19. The second kappa shape index (κ2) is 7.85. The van der Waals surface area contributed by atoms with E-state index in [1.165, 1.54) is 5.56 Å². The molecule has 6 heteroatoms. The lowest BCUT2D eigenvalue weighted by Gasteiger charge is -2.33. The summed E-state index contributed by atoms with van der Waals surface area (Å²) < 4.78 is 21.8. The number of rotatable bonds is 5. The Balaban J connectivity index is 1.60. The van der Waals surface area contributed by atoms with Crippen LogP contribution in [0.4, 0.5) is 0 Å². The first-order valence-electron chi connectivity index (χ1n) is 9.94. The van der Waals surface area contributed by atoms with Crippen LogP contribution in [-0.2, 0) is 17.8 Å². The minimum absolute atomic E-state index is 0.135. The van der Waals surface area contributed by atoms with Crippen molar-refractivity contribution in [3.63, 3.8) is 0 Å². The van der Waals surface area contributed by atoms with Crippen molar-refractivity contribution in [2.24, 2.45) is 5.92 Å². The van der Waals surface area contributed by atoms with Gasteiger partial charge in [-0.3, -0.25) is 4.79 Å². The van der Waals surface area contributed by atoms with Crippen molar-refractivity contribution in [3.8, 4) is 23.0 Å². The number of nitrogens with zero attached hydrogens (tertiary/aromatic N) is 1. The number of carbonyl (C=O) groups excluding carboxylic acids is 1. The van der Waals surface area contributed by atoms with Gasteiger partial charge in [0.15, 0.2) is 23.0 Å². The van der Waals surface area contributed by atoms with Crippen LogP contribution in [0.25, 0.3) is 0 Å². The molecular weight excluding hydrogens is 370 g/mol. The number of hydrogen-bond donors (Lipinski definition) is 0. The molecule has 0 bridgehead atoms. The number of hydrogen-bond acceptors (Lipinski definition) is 5. The number of ether oxygens (including phenoxy) is 4. The standard InChI is InChI=1S/C23H27NO5/c1-14(2)22(16-5-6-18(26-3)19(10-16)27-4)23(25)24-8-7-15-9-20-21(29-13-28-20)11-17(15)12-24/h5-6,9-11,14,22H,7-8,12-13H2,1-4H3. The molecule has 0 spiro atoms. The van der Waals surface area contributed by atoms with Gasteiger partial charge in [0.25, 0.3) is 0 Å². The molecule has 1 atom stereocenters. The Morgan fingerprint density at radius 2 is 1.69 bits per heavy atom. The Bertz CT molecular complexity index is 924. The molecule has 0 saturated heterocycles. The van der Waals surface area contributed by atoms with E-state index in [0.717, 1.165) is 29.0 Å². The third kappa shape index (κ3) is 3.59. The van der Waals surface area contributed by atoms with E-state index in [1.54, 1.807) is 14.2 Å². The molecule has 29 heavy (non-hydrogen) atoms. The Hall–Kier alpha value is -2.89. The zero-order chi connectivity index (χ0) is 20.5. The summed E-state index contributed by atoms with van der Waals surface area (Å²) in [7, 11) is 3.22. The topological polar surface area (TPSA) is 57.2 Å². The smallest absolute Gasteiger partial charge is 0.231 e. The van der Waals surface area contributed by atoms with Crippen LogP contribution >= 0.6 is 0 Å². The van der Waals surface area contributed by atoms with Gasteiger partial charge < -0.3 is 23.8 Å². The molecule has 6 nitrogen and oxygen atoms in total. The first-order chi connectivity index (χ1) is 14.0.